The summed E-state index contributed by atoms with van der Waals surface area (Å²) >= 11 is 0. The van der Waals surface area contributed by atoms with Crippen molar-refractivity contribution in [1.29, 1.82) is 0 Å². The van der Waals surface area contributed by atoms with Crippen LogP contribution in [0, 0.1) is 5.92 Å². The Morgan fingerprint density at radius 1 is 1.36 bits per heavy atom. The number of ether oxygens (including phenoxy) is 2. The molecule has 1 fully saturated rings. The molecule has 78 valence electrons. The van der Waals surface area contributed by atoms with Gasteiger partial charge < -0.3 is 9.47 Å². The van der Waals surface area contributed by atoms with Crippen LogP contribution in [0.1, 0.15) is 19.8 Å². The molecule has 1 aliphatic heterocycles. The Hall–Kier alpha value is -1.16. The number of esters is 2. The Morgan fingerprint density at radius 2 is 2.00 bits per heavy atom. The maximum atomic E-state index is 11.4. The van der Waals surface area contributed by atoms with Crippen LogP contribution in [-0.2, 0) is 19.1 Å². The summed E-state index contributed by atoms with van der Waals surface area (Å²) in [7, 11) is 0. The number of carbonyl (C=O) groups is 2. The van der Waals surface area contributed by atoms with Crippen molar-refractivity contribution in [3.05, 3.63) is 12.2 Å². The van der Waals surface area contributed by atoms with E-state index in [4.69, 9.17) is 4.74 Å². The van der Waals surface area contributed by atoms with Gasteiger partial charge in [-0.15, -0.1) is 0 Å². The molecule has 1 aliphatic rings. The van der Waals surface area contributed by atoms with E-state index in [1.54, 1.807) is 13.0 Å². The van der Waals surface area contributed by atoms with Crippen molar-refractivity contribution in [1.82, 2.24) is 0 Å². The van der Waals surface area contributed by atoms with E-state index < -0.39 is 11.9 Å². The lowest BCUT2D eigenvalue weighted by Gasteiger charge is -2.19. The minimum Gasteiger partial charge on any atom is -0.390 e. The molecule has 0 bridgehead atoms. The van der Waals surface area contributed by atoms with Gasteiger partial charge in [-0.3, -0.25) is 4.79 Å². The SMILES string of the molecule is CC=CC(=O)OC(=O)C1CCOCC1. The molecule has 0 amide bonds. The molecule has 1 rings (SSSR count). The highest BCUT2D eigenvalue weighted by Crippen LogP contribution is 2.16. The van der Waals surface area contributed by atoms with Crippen LogP contribution >= 0.6 is 0 Å². The fourth-order valence-electron chi connectivity index (χ4n) is 1.29. The minimum absolute atomic E-state index is 0.182. The lowest BCUT2D eigenvalue weighted by molar-refractivity contribution is -0.161. The summed E-state index contributed by atoms with van der Waals surface area (Å²) in [5, 5.41) is 0. The molecule has 0 aromatic rings. The molecule has 0 aromatic heterocycles. The van der Waals surface area contributed by atoms with E-state index in [2.05, 4.69) is 4.74 Å². The molecule has 0 aromatic carbocycles. The van der Waals surface area contributed by atoms with Crippen LogP contribution in [0.4, 0.5) is 0 Å². The number of hydrogen-bond donors (Lipinski definition) is 0. The topological polar surface area (TPSA) is 52.6 Å². The standard InChI is InChI=1S/C10H14O4/c1-2-3-9(11)14-10(12)8-4-6-13-7-5-8/h2-3,8H,4-7H2,1H3. The first-order chi connectivity index (χ1) is 6.74. The molecule has 0 N–H and O–H groups in total. The number of hydrogen-bond acceptors (Lipinski definition) is 4. The predicted molar refractivity (Wildman–Crippen MR) is 49.5 cm³/mol. The number of rotatable bonds is 2. The third kappa shape index (κ3) is 3.30. The van der Waals surface area contributed by atoms with Crippen molar-refractivity contribution < 1.29 is 19.1 Å². The van der Waals surface area contributed by atoms with E-state index in [0.717, 1.165) is 0 Å². The van der Waals surface area contributed by atoms with Gasteiger partial charge in [0, 0.05) is 19.3 Å². The molecule has 0 atom stereocenters. The fourth-order valence-corrected chi connectivity index (χ4v) is 1.29. The largest absolute Gasteiger partial charge is 0.390 e. The molecule has 1 heterocycles. The van der Waals surface area contributed by atoms with Gasteiger partial charge in [0.25, 0.3) is 0 Å². The molecule has 0 saturated carbocycles. The van der Waals surface area contributed by atoms with Gasteiger partial charge in [0.1, 0.15) is 0 Å². The monoisotopic (exact) mass is 198 g/mol. The minimum atomic E-state index is -0.594. The van der Waals surface area contributed by atoms with Crippen molar-refractivity contribution in [2.45, 2.75) is 19.8 Å². The normalized spacial score (nSPS) is 18.4. The van der Waals surface area contributed by atoms with Gasteiger partial charge >= 0.3 is 11.9 Å². The summed E-state index contributed by atoms with van der Waals surface area (Å²) in [6.45, 7) is 2.83. The maximum absolute atomic E-state index is 11.4. The van der Waals surface area contributed by atoms with Crippen LogP contribution in [0.15, 0.2) is 12.2 Å². The van der Waals surface area contributed by atoms with E-state index in [1.165, 1.54) is 6.08 Å². The molecule has 4 heteroatoms. The maximum Gasteiger partial charge on any atom is 0.338 e. The lowest BCUT2D eigenvalue weighted by atomic mass is 10.0. The van der Waals surface area contributed by atoms with Gasteiger partial charge in [0.15, 0.2) is 0 Å². The van der Waals surface area contributed by atoms with Gasteiger partial charge in [0.05, 0.1) is 5.92 Å². The summed E-state index contributed by atoms with van der Waals surface area (Å²) < 4.78 is 9.71. The Balaban J connectivity index is 2.36. The molecule has 14 heavy (non-hydrogen) atoms. The Bertz CT molecular complexity index is 239. The summed E-state index contributed by atoms with van der Waals surface area (Å²) in [5.74, 6) is -1.21. The average Bonchev–Trinajstić information content (AvgIpc) is 2.19. The fraction of sp³-hybridized carbons (Fsp3) is 0.600. The summed E-state index contributed by atoms with van der Waals surface area (Å²) in [4.78, 5) is 22.3. The van der Waals surface area contributed by atoms with Crippen molar-refractivity contribution in [2.75, 3.05) is 13.2 Å². The second kappa shape index (κ2) is 5.54. The third-order valence-electron chi connectivity index (χ3n) is 2.06. The molecule has 4 nitrogen and oxygen atoms in total. The number of allylic oxidation sites excluding steroid dienone is 1. The molecule has 0 aliphatic carbocycles. The molecular formula is C10H14O4. The van der Waals surface area contributed by atoms with Crippen LogP contribution in [0.2, 0.25) is 0 Å². The molecular weight excluding hydrogens is 184 g/mol. The quantitative estimate of drug-likeness (QED) is 0.378. The highest BCUT2D eigenvalue weighted by Gasteiger charge is 2.24. The second-order valence-electron chi connectivity index (χ2n) is 3.13. The van der Waals surface area contributed by atoms with Gasteiger partial charge in [-0.25, -0.2) is 4.79 Å². The lowest BCUT2D eigenvalue weighted by Crippen LogP contribution is -2.26. The van der Waals surface area contributed by atoms with E-state index in [9.17, 15) is 9.59 Å². The van der Waals surface area contributed by atoms with E-state index >= 15 is 0 Å². The van der Waals surface area contributed by atoms with E-state index in [0.29, 0.717) is 26.1 Å². The molecule has 0 radical (unpaired) electrons. The Kier molecular flexibility index (Phi) is 4.32. The van der Waals surface area contributed by atoms with Gasteiger partial charge in [-0.1, -0.05) is 6.08 Å². The van der Waals surface area contributed by atoms with Gasteiger partial charge in [-0.05, 0) is 19.8 Å². The zero-order chi connectivity index (χ0) is 10.4. The molecule has 1 saturated heterocycles. The van der Waals surface area contributed by atoms with Crippen LogP contribution in [0.3, 0.4) is 0 Å². The first-order valence-corrected chi connectivity index (χ1v) is 4.70. The van der Waals surface area contributed by atoms with Gasteiger partial charge in [0.2, 0.25) is 0 Å². The van der Waals surface area contributed by atoms with Crippen LogP contribution in [0.25, 0.3) is 0 Å². The molecule has 0 spiro atoms. The van der Waals surface area contributed by atoms with Crippen LogP contribution < -0.4 is 0 Å². The predicted octanol–water partition coefficient (Wildman–Crippen LogP) is 1.06. The Morgan fingerprint density at radius 3 is 2.57 bits per heavy atom. The molecule has 0 unspecified atom stereocenters. The van der Waals surface area contributed by atoms with Gasteiger partial charge in [-0.2, -0.15) is 0 Å². The third-order valence-corrected chi connectivity index (χ3v) is 2.06. The van der Waals surface area contributed by atoms with Crippen LogP contribution in [-0.4, -0.2) is 25.2 Å². The van der Waals surface area contributed by atoms with E-state index in [-0.39, 0.29) is 5.92 Å². The summed E-state index contributed by atoms with van der Waals surface area (Å²) in [6, 6.07) is 0. The summed E-state index contributed by atoms with van der Waals surface area (Å²) in [6.07, 6.45) is 4.06. The first-order valence-electron chi connectivity index (χ1n) is 4.70. The average molecular weight is 198 g/mol. The number of carbonyl (C=O) groups excluding carboxylic acids is 2. The van der Waals surface area contributed by atoms with Crippen molar-refractivity contribution >= 4 is 11.9 Å². The van der Waals surface area contributed by atoms with Crippen molar-refractivity contribution in [3.63, 3.8) is 0 Å². The Labute approximate surface area is 82.9 Å². The van der Waals surface area contributed by atoms with Crippen molar-refractivity contribution in [3.8, 4) is 0 Å². The smallest absolute Gasteiger partial charge is 0.338 e. The zero-order valence-electron chi connectivity index (χ0n) is 8.19. The van der Waals surface area contributed by atoms with Crippen LogP contribution in [0.5, 0.6) is 0 Å². The second-order valence-corrected chi connectivity index (χ2v) is 3.13. The summed E-state index contributed by atoms with van der Waals surface area (Å²) in [5.41, 5.74) is 0. The first kappa shape index (κ1) is 10.9. The van der Waals surface area contributed by atoms with Crippen molar-refractivity contribution in [2.24, 2.45) is 5.92 Å². The van der Waals surface area contributed by atoms with E-state index in [1.807, 2.05) is 0 Å². The zero-order valence-corrected chi connectivity index (χ0v) is 8.19. The highest BCUT2D eigenvalue weighted by atomic mass is 16.6. The highest BCUT2D eigenvalue weighted by molar-refractivity contribution is 5.92.